The van der Waals surface area contributed by atoms with E-state index in [1.54, 1.807) is 0 Å². The van der Waals surface area contributed by atoms with Crippen molar-refractivity contribution < 1.29 is 14.3 Å². The third kappa shape index (κ3) is 17.4. The van der Waals surface area contributed by atoms with E-state index in [2.05, 4.69) is 182 Å². The molecule has 0 spiro atoms. The summed E-state index contributed by atoms with van der Waals surface area (Å²) in [6.07, 6.45) is 12.0. The average molecular weight is 939 g/mol. The molecule has 1 amide bonds. The molecule has 0 radical (unpaired) electrons. The summed E-state index contributed by atoms with van der Waals surface area (Å²) in [5.74, 6) is 2.75. The van der Waals surface area contributed by atoms with Crippen molar-refractivity contribution in [1.29, 1.82) is 0 Å². The number of anilines is 2. The lowest BCUT2D eigenvalue weighted by Gasteiger charge is -2.41. The maximum absolute atomic E-state index is 13.8. The number of likely N-dealkylation sites (tertiary alicyclic amines) is 2. The number of piperazine rings is 1. The Labute approximate surface area is 417 Å². The van der Waals surface area contributed by atoms with Gasteiger partial charge in [-0.2, -0.15) is 0 Å². The number of hydrogen-bond donors (Lipinski definition) is 0. The van der Waals surface area contributed by atoms with Gasteiger partial charge < -0.3 is 34.0 Å². The van der Waals surface area contributed by atoms with Crippen molar-refractivity contribution in [2.75, 3.05) is 88.8 Å². The molecule has 3 unspecified atom stereocenters. The van der Waals surface area contributed by atoms with Gasteiger partial charge in [0, 0.05) is 82.4 Å². The van der Waals surface area contributed by atoms with Crippen molar-refractivity contribution in [1.82, 2.24) is 19.6 Å². The highest BCUT2D eigenvalue weighted by Gasteiger charge is 2.38. The summed E-state index contributed by atoms with van der Waals surface area (Å²) in [4.78, 5) is 28.4. The number of hydrogen-bond acceptors (Lipinski definition) is 8. The first-order valence-electron chi connectivity index (χ1n) is 26.2. The molecule has 0 N–H and O–H groups in total. The van der Waals surface area contributed by atoms with Gasteiger partial charge >= 0.3 is 0 Å². The molecular formula is C60H86N6O3. The first kappa shape index (κ1) is 53.3. The Bertz CT molecular complexity index is 2140. The van der Waals surface area contributed by atoms with Gasteiger partial charge in [-0.15, -0.1) is 0 Å². The second-order valence-corrected chi connectivity index (χ2v) is 20.6. The Hall–Kier alpha value is -5.09. The smallest absolute Gasteiger partial charge is 0.241 e. The molecule has 3 aliphatic heterocycles. The summed E-state index contributed by atoms with van der Waals surface area (Å²) in [6.45, 7) is 27.5. The van der Waals surface area contributed by atoms with E-state index in [4.69, 9.17) is 9.47 Å². The second kappa shape index (κ2) is 27.9. The molecule has 374 valence electrons. The van der Waals surface area contributed by atoms with Crippen LogP contribution in [-0.2, 0) is 18.0 Å². The number of amides is 1. The van der Waals surface area contributed by atoms with Crippen LogP contribution in [0.25, 0.3) is 0 Å². The predicted octanol–water partition coefficient (Wildman–Crippen LogP) is 11.6. The molecule has 3 atom stereocenters. The van der Waals surface area contributed by atoms with Crippen molar-refractivity contribution in [2.45, 2.75) is 118 Å². The predicted molar refractivity (Wildman–Crippen MR) is 290 cm³/mol. The first-order chi connectivity index (χ1) is 33.4. The van der Waals surface area contributed by atoms with Crippen molar-refractivity contribution >= 4 is 17.3 Å². The zero-order valence-electron chi connectivity index (χ0n) is 43.7. The van der Waals surface area contributed by atoms with Crippen molar-refractivity contribution in [2.24, 2.45) is 5.92 Å². The third-order valence-electron chi connectivity index (χ3n) is 13.9. The fourth-order valence-corrected chi connectivity index (χ4v) is 9.59. The van der Waals surface area contributed by atoms with Crippen LogP contribution in [-0.4, -0.2) is 123 Å². The summed E-state index contributed by atoms with van der Waals surface area (Å²) < 4.78 is 12.0. The van der Waals surface area contributed by atoms with Crippen LogP contribution in [0.5, 0.6) is 11.5 Å². The topological polar surface area (TPSA) is 55.0 Å². The largest absolute Gasteiger partial charge is 0.489 e. The van der Waals surface area contributed by atoms with E-state index < -0.39 is 0 Å². The summed E-state index contributed by atoms with van der Waals surface area (Å²) in [5, 5.41) is 0. The van der Waals surface area contributed by atoms with Crippen LogP contribution >= 0.6 is 0 Å². The molecule has 3 heterocycles. The molecule has 3 fully saturated rings. The van der Waals surface area contributed by atoms with E-state index in [1.807, 2.05) is 24.3 Å². The zero-order chi connectivity index (χ0) is 49.0. The molecular weight excluding hydrogens is 853 g/mol. The van der Waals surface area contributed by atoms with Gasteiger partial charge in [-0.1, -0.05) is 118 Å². The number of unbranched alkanes of at least 4 members (excludes halogenated alkanes) is 2. The van der Waals surface area contributed by atoms with Crippen molar-refractivity contribution in [3.05, 3.63) is 144 Å². The quantitative estimate of drug-likeness (QED) is 0.0571. The Morgan fingerprint density at radius 1 is 0.638 bits per heavy atom. The molecule has 7 rings (SSSR count). The molecule has 0 aromatic heterocycles. The molecule has 0 bridgehead atoms. The van der Waals surface area contributed by atoms with Gasteiger partial charge in [0.2, 0.25) is 5.91 Å². The fraction of sp³-hybridized carbons (Fsp3) is 0.517. The number of benzene rings is 4. The monoisotopic (exact) mass is 939 g/mol. The highest BCUT2D eigenvalue weighted by Crippen LogP contribution is 2.29. The van der Waals surface area contributed by atoms with Gasteiger partial charge in [0.1, 0.15) is 30.8 Å². The Balaban J connectivity index is 0.000000235. The van der Waals surface area contributed by atoms with E-state index in [1.165, 1.54) is 73.4 Å². The molecule has 0 aliphatic carbocycles. The number of nitrogens with zero attached hydrogens (tertiary/aromatic N) is 6. The van der Waals surface area contributed by atoms with Crippen LogP contribution in [0.4, 0.5) is 11.4 Å². The van der Waals surface area contributed by atoms with E-state index in [9.17, 15) is 4.79 Å². The Morgan fingerprint density at radius 2 is 1.16 bits per heavy atom. The molecule has 4 aromatic rings. The second-order valence-electron chi connectivity index (χ2n) is 20.6. The van der Waals surface area contributed by atoms with Crippen molar-refractivity contribution in [3.8, 4) is 11.5 Å². The summed E-state index contributed by atoms with van der Waals surface area (Å²) in [6, 6.07) is 38.6. The van der Waals surface area contributed by atoms with Crippen LogP contribution in [0.15, 0.2) is 132 Å². The molecule has 0 saturated carbocycles. The Kier molecular flexibility index (Phi) is 21.6. The van der Waals surface area contributed by atoms with Crippen LogP contribution in [0, 0.1) is 5.92 Å². The maximum atomic E-state index is 13.8. The normalized spacial score (nSPS) is 18.6. The van der Waals surface area contributed by atoms with Gasteiger partial charge in [-0.25, -0.2) is 0 Å². The molecule has 69 heavy (non-hydrogen) atoms. The van der Waals surface area contributed by atoms with Gasteiger partial charge in [-0.05, 0) is 139 Å². The first-order valence-corrected chi connectivity index (χ1v) is 26.2. The number of allylic oxidation sites excluding steroid dienone is 2. The van der Waals surface area contributed by atoms with Crippen LogP contribution in [0.2, 0.25) is 0 Å². The molecule has 9 nitrogen and oxygen atoms in total. The maximum Gasteiger partial charge on any atom is 0.241 e. The van der Waals surface area contributed by atoms with Gasteiger partial charge in [0.05, 0.1) is 0 Å². The van der Waals surface area contributed by atoms with Gasteiger partial charge in [0.25, 0.3) is 0 Å². The molecule has 9 heteroatoms. The number of rotatable bonds is 22. The number of carbonyl (C=O) groups excluding carboxylic acids is 1. The number of ether oxygens (including phenoxy) is 2. The van der Waals surface area contributed by atoms with E-state index in [0.29, 0.717) is 37.1 Å². The van der Waals surface area contributed by atoms with Crippen LogP contribution < -0.4 is 19.3 Å². The third-order valence-corrected chi connectivity index (χ3v) is 13.9. The van der Waals surface area contributed by atoms with Crippen LogP contribution in [0.3, 0.4) is 0 Å². The van der Waals surface area contributed by atoms with Crippen LogP contribution in [0.1, 0.15) is 98.1 Å². The zero-order valence-corrected chi connectivity index (χ0v) is 43.7. The molecule has 3 aliphatic rings. The van der Waals surface area contributed by atoms with E-state index in [-0.39, 0.29) is 6.04 Å². The van der Waals surface area contributed by atoms with Gasteiger partial charge in [0.15, 0.2) is 0 Å². The highest BCUT2D eigenvalue weighted by atomic mass is 16.5. The summed E-state index contributed by atoms with van der Waals surface area (Å²) >= 11 is 0. The summed E-state index contributed by atoms with van der Waals surface area (Å²) in [5.41, 5.74) is 7.51. The SMILES string of the molecule is CC(C)=CCN(c1ccc(OCc2ccccc2)cc1)C1CCN(C(=O)C2CN(C)CCN2CCC(C)C)C1.CCCCCN1CCC(N(CC=C(C)C)c2ccc(OCc3ccccc3)cc2)C1. The lowest BCUT2D eigenvalue weighted by molar-refractivity contribution is -0.138. The minimum atomic E-state index is -0.0338. The number of likely N-dealkylation sites (N-methyl/N-ethyl adjacent to an activating group) is 1. The lowest BCUT2D eigenvalue weighted by atomic mass is 10.1. The standard InChI is InChI=1S/C33H48N4O2.C27H38N2O/c1-26(2)15-18-35-22-21-34(5)24-32(35)33(38)36-19-17-30(23-36)37(20-16-27(3)4)29-11-13-31(14-12-29)39-25-28-9-7-6-8-10-28;1-4-5-9-18-28-19-17-26(21-28)29(20-16-23(2)3)25-12-14-27(15-13-25)30-22-24-10-7-6-8-11-24/h6-14,16,26,30,32H,15,17-25H2,1-5H3;6-8,10-16,26H,4-5,9,17-22H2,1-3H3. The Morgan fingerprint density at radius 3 is 1.67 bits per heavy atom. The van der Waals surface area contributed by atoms with Gasteiger partial charge in [-0.3, -0.25) is 9.69 Å². The molecule has 3 saturated heterocycles. The fourth-order valence-electron chi connectivity index (χ4n) is 9.59. The minimum absolute atomic E-state index is 0.0338. The van der Waals surface area contributed by atoms with E-state index in [0.717, 1.165) is 82.3 Å². The van der Waals surface area contributed by atoms with E-state index >= 15 is 0 Å². The average Bonchev–Trinajstić information content (AvgIpc) is 4.05. The van der Waals surface area contributed by atoms with Crippen molar-refractivity contribution in [3.63, 3.8) is 0 Å². The molecule has 4 aromatic carbocycles. The summed E-state index contributed by atoms with van der Waals surface area (Å²) in [7, 11) is 2.14. The number of carbonyl (C=O) groups is 1. The minimum Gasteiger partial charge on any atom is -0.489 e. The lowest BCUT2D eigenvalue weighted by Crippen LogP contribution is -2.59. The highest BCUT2D eigenvalue weighted by molar-refractivity contribution is 5.83.